The van der Waals surface area contributed by atoms with E-state index in [1.807, 2.05) is 84.9 Å². The van der Waals surface area contributed by atoms with Crippen molar-refractivity contribution in [2.75, 3.05) is 10.7 Å². The summed E-state index contributed by atoms with van der Waals surface area (Å²) in [5, 5.41) is 3.50. The Morgan fingerprint density at radius 1 is 0.839 bits per heavy atom. The first kappa shape index (κ1) is 21.1. The van der Waals surface area contributed by atoms with Gasteiger partial charge in [0.2, 0.25) is 10.7 Å². The molecule has 6 nitrogen and oxygen atoms in total. The molecule has 0 spiro atoms. The molecule has 4 rings (SSSR count). The van der Waals surface area contributed by atoms with Gasteiger partial charge in [-0.25, -0.2) is 0 Å². The van der Waals surface area contributed by atoms with Crippen molar-refractivity contribution in [1.82, 2.24) is 20.0 Å². The minimum atomic E-state index is 0.363. The van der Waals surface area contributed by atoms with Crippen molar-refractivity contribution in [2.45, 2.75) is 0 Å². The molecular formula is C22H17BrN6S2. The maximum atomic E-state index is 5.61. The van der Waals surface area contributed by atoms with Crippen LogP contribution in [0.5, 0.6) is 0 Å². The van der Waals surface area contributed by atoms with Crippen LogP contribution in [-0.4, -0.2) is 19.6 Å². The van der Waals surface area contributed by atoms with Crippen LogP contribution in [0, 0.1) is 4.77 Å². The van der Waals surface area contributed by atoms with Crippen LogP contribution in [0.25, 0.3) is 17.1 Å². The quantitative estimate of drug-likeness (QED) is 0.234. The van der Waals surface area contributed by atoms with Gasteiger partial charge in [0.05, 0.1) is 5.69 Å². The fourth-order valence-electron chi connectivity index (χ4n) is 2.83. The summed E-state index contributed by atoms with van der Waals surface area (Å²) in [4.78, 5) is 9.23. The highest BCUT2D eigenvalue weighted by Gasteiger charge is 2.12. The molecule has 0 saturated carbocycles. The molecule has 0 amide bonds. The molecule has 0 atom stereocenters. The van der Waals surface area contributed by atoms with E-state index in [-0.39, 0.29) is 0 Å². The number of hydrogen-bond acceptors (Lipinski definition) is 5. The van der Waals surface area contributed by atoms with Gasteiger partial charge in [-0.2, -0.15) is 9.97 Å². The van der Waals surface area contributed by atoms with Crippen molar-refractivity contribution in [3.05, 3.63) is 94.2 Å². The van der Waals surface area contributed by atoms with E-state index >= 15 is 0 Å². The highest BCUT2D eigenvalue weighted by molar-refractivity contribution is 9.10. The van der Waals surface area contributed by atoms with E-state index in [2.05, 4.69) is 37.1 Å². The van der Waals surface area contributed by atoms with Gasteiger partial charge in [0.15, 0.2) is 10.9 Å². The van der Waals surface area contributed by atoms with Gasteiger partial charge in [-0.05, 0) is 60.8 Å². The van der Waals surface area contributed by atoms with Crippen LogP contribution in [0.3, 0.4) is 0 Å². The first-order valence-electron chi connectivity index (χ1n) is 9.31. The Bertz CT molecular complexity index is 1240. The molecule has 0 aliphatic rings. The smallest absolute Gasteiger partial charge is 0.230 e. The molecule has 3 aromatic carbocycles. The second-order valence-corrected chi connectivity index (χ2v) is 8.09. The summed E-state index contributed by atoms with van der Waals surface area (Å²) in [6.07, 6.45) is 0. The van der Waals surface area contributed by atoms with Crippen LogP contribution in [0.1, 0.15) is 0 Å². The summed E-state index contributed by atoms with van der Waals surface area (Å²) < 4.78 is 3.07. The molecule has 0 aliphatic carbocycles. The van der Waals surface area contributed by atoms with Gasteiger partial charge in [-0.3, -0.25) is 15.4 Å². The number of hydrazine groups is 1. The third-order valence-electron chi connectivity index (χ3n) is 4.25. The van der Waals surface area contributed by atoms with Gasteiger partial charge >= 0.3 is 0 Å². The Morgan fingerprint density at radius 3 is 2.16 bits per heavy atom. The number of nitrogens with zero attached hydrogens (tertiary/aromatic N) is 3. The molecule has 31 heavy (non-hydrogen) atoms. The molecule has 0 saturated heterocycles. The van der Waals surface area contributed by atoms with Crippen molar-refractivity contribution in [3.8, 4) is 17.1 Å². The molecule has 0 bridgehead atoms. The number of para-hydroxylation sites is 1. The van der Waals surface area contributed by atoms with Gasteiger partial charge in [-0.15, -0.1) is 0 Å². The molecule has 0 unspecified atom stereocenters. The maximum absolute atomic E-state index is 5.61. The third-order valence-corrected chi connectivity index (χ3v) is 5.26. The zero-order chi connectivity index (χ0) is 21.6. The van der Waals surface area contributed by atoms with Gasteiger partial charge in [0.25, 0.3) is 0 Å². The van der Waals surface area contributed by atoms with Crippen LogP contribution in [0.15, 0.2) is 89.4 Å². The summed E-state index contributed by atoms with van der Waals surface area (Å²) in [7, 11) is 0. The lowest BCUT2D eigenvalue weighted by atomic mass is 10.2. The Kier molecular flexibility index (Phi) is 6.66. The normalized spacial score (nSPS) is 10.4. The average Bonchev–Trinajstić information content (AvgIpc) is 2.79. The highest BCUT2D eigenvalue weighted by atomic mass is 79.9. The number of hydrogen-bond donors (Lipinski definition) is 3. The Balaban J connectivity index is 1.67. The number of thiocarbonyl (C=S) groups is 1. The fourth-order valence-corrected chi connectivity index (χ4v) is 3.54. The summed E-state index contributed by atoms with van der Waals surface area (Å²) in [5.41, 5.74) is 8.61. The standard InChI is InChI=1S/C22H17BrN6S2/c23-16-11-13-18(14-12-16)29-20(27-28-21(30)24-17-9-5-2-6-10-17)25-19(26-22(29)31)15-7-3-1-4-8-15/h1-14H,(H2,24,28,30)(H,25,26,27,31). The summed E-state index contributed by atoms with van der Waals surface area (Å²) in [6.45, 7) is 0. The highest BCUT2D eigenvalue weighted by Crippen LogP contribution is 2.21. The predicted molar refractivity (Wildman–Crippen MR) is 135 cm³/mol. The molecule has 3 N–H and O–H groups in total. The fraction of sp³-hybridized carbons (Fsp3) is 0. The van der Waals surface area contributed by atoms with Crippen LogP contribution in [-0.2, 0) is 0 Å². The average molecular weight is 509 g/mol. The minimum Gasteiger partial charge on any atom is -0.331 e. The van der Waals surface area contributed by atoms with Crippen molar-refractivity contribution in [1.29, 1.82) is 0 Å². The number of anilines is 2. The lowest BCUT2D eigenvalue weighted by molar-refractivity contribution is 0.880. The van der Waals surface area contributed by atoms with Crippen molar-refractivity contribution in [3.63, 3.8) is 0 Å². The lowest BCUT2D eigenvalue weighted by Gasteiger charge is -2.17. The van der Waals surface area contributed by atoms with E-state index in [9.17, 15) is 0 Å². The molecule has 154 valence electrons. The monoisotopic (exact) mass is 508 g/mol. The van der Waals surface area contributed by atoms with Gasteiger partial charge < -0.3 is 5.32 Å². The molecular weight excluding hydrogens is 492 g/mol. The van der Waals surface area contributed by atoms with E-state index in [4.69, 9.17) is 29.4 Å². The molecule has 0 fully saturated rings. The molecule has 9 heteroatoms. The number of benzene rings is 3. The summed E-state index contributed by atoms with van der Waals surface area (Å²) >= 11 is 14.5. The SMILES string of the molecule is S=C(NNc1nc(-c2ccccc2)nc(=S)n1-c1ccc(Br)cc1)Nc1ccccc1. The van der Waals surface area contributed by atoms with Crippen molar-refractivity contribution >= 4 is 57.1 Å². The summed E-state index contributed by atoms with van der Waals surface area (Å²) in [5.74, 6) is 0.976. The Labute approximate surface area is 198 Å². The van der Waals surface area contributed by atoms with E-state index in [1.165, 1.54) is 0 Å². The molecule has 0 aliphatic heterocycles. The van der Waals surface area contributed by atoms with Crippen LogP contribution < -0.4 is 16.2 Å². The number of nitrogens with one attached hydrogen (secondary N) is 3. The van der Waals surface area contributed by atoms with E-state index in [0.717, 1.165) is 21.4 Å². The van der Waals surface area contributed by atoms with E-state index < -0.39 is 0 Å². The van der Waals surface area contributed by atoms with Gasteiger partial charge in [-0.1, -0.05) is 64.5 Å². The second kappa shape index (κ2) is 9.78. The molecule has 4 aromatic rings. The zero-order valence-electron chi connectivity index (χ0n) is 16.1. The van der Waals surface area contributed by atoms with Crippen molar-refractivity contribution in [2.24, 2.45) is 0 Å². The second-order valence-electron chi connectivity index (χ2n) is 6.40. The van der Waals surface area contributed by atoms with Crippen molar-refractivity contribution < 1.29 is 0 Å². The predicted octanol–water partition coefficient (Wildman–Crippen LogP) is 5.74. The van der Waals surface area contributed by atoms with Gasteiger partial charge in [0, 0.05) is 15.7 Å². The Morgan fingerprint density at radius 2 is 1.48 bits per heavy atom. The number of rotatable bonds is 5. The number of aromatic nitrogens is 3. The largest absolute Gasteiger partial charge is 0.331 e. The zero-order valence-corrected chi connectivity index (χ0v) is 19.3. The number of halogens is 1. The van der Waals surface area contributed by atoms with Crippen LogP contribution >= 0.6 is 40.4 Å². The first-order valence-corrected chi connectivity index (χ1v) is 10.9. The molecule has 1 aromatic heterocycles. The minimum absolute atomic E-state index is 0.363. The maximum Gasteiger partial charge on any atom is 0.230 e. The Hall–Kier alpha value is -3.14. The van der Waals surface area contributed by atoms with Crippen LogP contribution in [0.2, 0.25) is 0 Å². The lowest BCUT2D eigenvalue weighted by Crippen LogP contribution is -2.35. The van der Waals surface area contributed by atoms with E-state index in [1.54, 1.807) is 4.57 Å². The van der Waals surface area contributed by atoms with E-state index in [0.29, 0.717) is 21.7 Å². The van der Waals surface area contributed by atoms with Gasteiger partial charge in [0.1, 0.15) is 0 Å². The van der Waals surface area contributed by atoms with Crippen LogP contribution in [0.4, 0.5) is 11.6 Å². The first-order chi connectivity index (χ1) is 15.1. The molecule has 0 radical (unpaired) electrons. The molecule has 1 heterocycles. The topological polar surface area (TPSA) is 66.8 Å². The summed E-state index contributed by atoms with van der Waals surface area (Å²) in [6, 6.07) is 27.1. The third kappa shape index (κ3) is 5.32.